The maximum atomic E-state index is 9.65. The average molecular weight is 694 g/mol. The molecule has 0 radical (unpaired) electrons. The van der Waals surface area contributed by atoms with Crippen LogP contribution in [-0.4, -0.2) is 19.9 Å². The number of nitrogens with zero attached hydrogens (tertiary/aromatic N) is 5. The van der Waals surface area contributed by atoms with Gasteiger partial charge in [-0.2, -0.15) is 5.26 Å². The fourth-order valence-electron chi connectivity index (χ4n) is 7.84. The first-order valence-electron chi connectivity index (χ1n) is 17.9. The molecule has 10 rings (SSSR count). The van der Waals surface area contributed by atoms with Gasteiger partial charge in [0.15, 0.2) is 17.5 Å². The number of rotatable bonds is 5. The van der Waals surface area contributed by atoms with Crippen molar-refractivity contribution < 1.29 is 4.42 Å². The molecule has 3 aromatic heterocycles. The lowest BCUT2D eigenvalue weighted by Gasteiger charge is -2.22. The van der Waals surface area contributed by atoms with Gasteiger partial charge in [-0.1, -0.05) is 86.6 Å². The van der Waals surface area contributed by atoms with Gasteiger partial charge in [0.25, 0.3) is 0 Å². The van der Waals surface area contributed by atoms with Crippen LogP contribution in [0.3, 0.4) is 0 Å². The van der Waals surface area contributed by atoms with E-state index in [2.05, 4.69) is 85.6 Å². The highest BCUT2D eigenvalue weighted by atomic mass is 16.3. The van der Waals surface area contributed by atoms with Gasteiger partial charge in [0.1, 0.15) is 11.2 Å². The molecular weight excluding hydrogens is 663 g/mol. The second-order valence-electron chi connectivity index (χ2n) is 14.3. The van der Waals surface area contributed by atoms with Gasteiger partial charge in [0, 0.05) is 45.3 Å². The minimum Gasteiger partial charge on any atom is -0.456 e. The summed E-state index contributed by atoms with van der Waals surface area (Å²) < 4.78 is 6.26. The summed E-state index contributed by atoms with van der Waals surface area (Å²) in [6, 6.07) is 49.9. The van der Waals surface area contributed by atoms with E-state index in [-0.39, 0.29) is 5.41 Å². The van der Waals surface area contributed by atoms with E-state index in [1.54, 1.807) is 0 Å². The van der Waals surface area contributed by atoms with Crippen molar-refractivity contribution in [3.8, 4) is 73.6 Å². The molecule has 0 bridgehead atoms. The Morgan fingerprint density at radius 2 is 1.09 bits per heavy atom. The molecule has 0 fully saturated rings. The third-order valence-electron chi connectivity index (χ3n) is 10.6. The molecule has 6 heteroatoms. The van der Waals surface area contributed by atoms with E-state index in [0.717, 1.165) is 60.9 Å². The Kier molecular flexibility index (Phi) is 7.11. The Hall–Kier alpha value is -7.23. The Morgan fingerprint density at radius 3 is 1.87 bits per heavy atom. The van der Waals surface area contributed by atoms with E-state index >= 15 is 0 Å². The number of furan rings is 1. The van der Waals surface area contributed by atoms with Crippen LogP contribution in [0.4, 0.5) is 0 Å². The summed E-state index contributed by atoms with van der Waals surface area (Å²) in [5.74, 6) is 1.72. The van der Waals surface area contributed by atoms with Gasteiger partial charge in [-0.3, -0.25) is 4.98 Å². The zero-order valence-electron chi connectivity index (χ0n) is 29.6. The molecule has 0 unspecified atom stereocenters. The van der Waals surface area contributed by atoms with E-state index in [1.807, 2.05) is 91.3 Å². The van der Waals surface area contributed by atoms with Crippen molar-refractivity contribution in [1.29, 1.82) is 5.26 Å². The van der Waals surface area contributed by atoms with Crippen LogP contribution < -0.4 is 0 Å². The molecule has 254 valence electrons. The lowest BCUT2D eigenvalue weighted by atomic mass is 9.81. The Labute approximate surface area is 312 Å². The van der Waals surface area contributed by atoms with Crippen LogP contribution in [0.1, 0.15) is 30.5 Å². The predicted octanol–water partition coefficient (Wildman–Crippen LogP) is 11.7. The Morgan fingerprint density at radius 1 is 0.481 bits per heavy atom. The zero-order chi connectivity index (χ0) is 36.4. The summed E-state index contributed by atoms with van der Waals surface area (Å²) in [7, 11) is 0. The van der Waals surface area contributed by atoms with Crippen molar-refractivity contribution in [2.75, 3.05) is 0 Å². The standard InChI is InChI=1S/C48H31N5O/c1-48(2)41-22-29(28-49)12-15-37(41)38-16-13-32(26-42(38)48)35-23-34(30-18-20-50-21-19-30)24-36(25-35)47-52-45(31-8-4-3-5-9-31)51-46(53-47)33-14-17-40-39-10-6-7-11-43(39)54-44(40)27-33/h3-27H,1-2H3. The van der Waals surface area contributed by atoms with E-state index in [1.165, 1.54) is 22.3 Å². The van der Waals surface area contributed by atoms with Crippen molar-refractivity contribution in [3.05, 3.63) is 169 Å². The van der Waals surface area contributed by atoms with Crippen LogP contribution in [0.5, 0.6) is 0 Å². The monoisotopic (exact) mass is 693 g/mol. The number of aromatic nitrogens is 4. The summed E-state index contributed by atoms with van der Waals surface area (Å²) in [5, 5.41) is 11.8. The van der Waals surface area contributed by atoms with Crippen molar-refractivity contribution in [3.63, 3.8) is 0 Å². The van der Waals surface area contributed by atoms with Gasteiger partial charge in [-0.05, 0) is 111 Å². The first-order valence-corrected chi connectivity index (χ1v) is 17.9. The zero-order valence-corrected chi connectivity index (χ0v) is 29.6. The minimum absolute atomic E-state index is 0.270. The highest BCUT2D eigenvalue weighted by molar-refractivity contribution is 6.05. The van der Waals surface area contributed by atoms with Crippen LogP contribution in [-0.2, 0) is 5.41 Å². The second kappa shape index (κ2) is 12.2. The lowest BCUT2D eigenvalue weighted by Crippen LogP contribution is -2.15. The maximum Gasteiger partial charge on any atom is 0.164 e. The Balaban J connectivity index is 1.16. The summed E-state index contributed by atoms with van der Waals surface area (Å²) in [6.07, 6.45) is 3.63. The SMILES string of the molecule is CC1(C)c2cc(C#N)ccc2-c2ccc(-c3cc(-c4ccncc4)cc(-c4nc(-c5ccccc5)nc(-c5ccc6c(c5)oc5ccccc56)n4)c3)cc21. The van der Waals surface area contributed by atoms with Gasteiger partial charge in [0.2, 0.25) is 0 Å². The summed E-state index contributed by atoms with van der Waals surface area (Å²) in [5.41, 5.74) is 13.6. The number of benzene rings is 6. The largest absolute Gasteiger partial charge is 0.456 e. The van der Waals surface area contributed by atoms with E-state index in [0.29, 0.717) is 23.0 Å². The molecular formula is C48H31N5O. The highest BCUT2D eigenvalue weighted by Crippen LogP contribution is 2.50. The Bertz CT molecular complexity index is 2980. The van der Waals surface area contributed by atoms with E-state index in [9.17, 15) is 5.26 Å². The van der Waals surface area contributed by atoms with Gasteiger partial charge in [-0.15, -0.1) is 0 Å². The predicted molar refractivity (Wildman–Crippen MR) is 214 cm³/mol. The number of fused-ring (bicyclic) bond motifs is 6. The van der Waals surface area contributed by atoms with Crippen molar-refractivity contribution in [2.45, 2.75) is 19.3 Å². The van der Waals surface area contributed by atoms with Gasteiger partial charge in [0.05, 0.1) is 11.6 Å². The molecule has 9 aromatic rings. The number of hydrogen-bond acceptors (Lipinski definition) is 6. The van der Waals surface area contributed by atoms with Crippen molar-refractivity contribution in [2.24, 2.45) is 0 Å². The number of pyridine rings is 1. The molecule has 0 spiro atoms. The molecule has 0 aliphatic heterocycles. The molecule has 0 amide bonds. The first kappa shape index (κ1) is 31.5. The summed E-state index contributed by atoms with van der Waals surface area (Å²) in [4.78, 5) is 19.6. The van der Waals surface area contributed by atoms with Gasteiger partial charge < -0.3 is 4.42 Å². The molecule has 6 aromatic carbocycles. The number of para-hydroxylation sites is 1. The molecule has 1 aliphatic rings. The topological polar surface area (TPSA) is 88.5 Å². The fourth-order valence-corrected chi connectivity index (χ4v) is 7.84. The molecule has 0 saturated carbocycles. The van der Waals surface area contributed by atoms with Gasteiger partial charge >= 0.3 is 0 Å². The van der Waals surface area contributed by atoms with Crippen LogP contribution in [0.25, 0.3) is 89.5 Å². The third-order valence-corrected chi connectivity index (χ3v) is 10.6. The fraction of sp³-hybridized carbons (Fsp3) is 0.0625. The van der Waals surface area contributed by atoms with Gasteiger partial charge in [-0.25, -0.2) is 15.0 Å². The van der Waals surface area contributed by atoms with Crippen LogP contribution in [0.2, 0.25) is 0 Å². The summed E-state index contributed by atoms with van der Waals surface area (Å²) >= 11 is 0. The molecule has 3 heterocycles. The second-order valence-corrected chi connectivity index (χ2v) is 14.3. The van der Waals surface area contributed by atoms with E-state index < -0.39 is 0 Å². The minimum atomic E-state index is -0.270. The smallest absolute Gasteiger partial charge is 0.164 e. The normalized spacial score (nSPS) is 12.8. The van der Waals surface area contributed by atoms with Crippen LogP contribution in [0.15, 0.2) is 156 Å². The lowest BCUT2D eigenvalue weighted by molar-refractivity contribution is 0.660. The quantitative estimate of drug-likeness (QED) is 0.178. The maximum absolute atomic E-state index is 9.65. The van der Waals surface area contributed by atoms with E-state index in [4.69, 9.17) is 19.4 Å². The third kappa shape index (κ3) is 5.17. The molecule has 0 atom stereocenters. The number of hydrogen-bond donors (Lipinski definition) is 0. The molecule has 0 saturated heterocycles. The average Bonchev–Trinajstić information content (AvgIpc) is 3.71. The summed E-state index contributed by atoms with van der Waals surface area (Å²) in [6.45, 7) is 4.48. The molecule has 6 nitrogen and oxygen atoms in total. The molecule has 54 heavy (non-hydrogen) atoms. The van der Waals surface area contributed by atoms with Crippen LogP contribution >= 0.6 is 0 Å². The van der Waals surface area contributed by atoms with Crippen LogP contribution in [0, 0.1) is 11.3 Å². The van der Waals surface area contributed by atoms with Crippen molar-refractivity contribution in [1.82, 2.24) is 19.9 Å². The molecule has 1 aliphatic carbocycles. The first-order chi connectivity index (χ1) is 26.4. The number of nitriles is 1. The molecule has 0 N–H and O–H groups in total. The van der Waals surface area contributed by atoms with Crippen molar-refractivity contribution >= 4 is 21.9 Å². The highest BCUT2D eigenvalue weighted by Gasteiger charge is 2.36.